The summed E-state index contributed by atoms with van der Waals surface area (Å²) in [6.07, 6.45) is 86.7. The number of carbonyl (C=O) groups excluding carboxylic acids is 3. The van der Waals surface area contributed by atoms with E-state index in [1.165, 1.54) is 315 Å². The minimum Gasteiger partial charge on any atom is -0.462 e. The molecule has 0 fully saturated rings. The van der Waals surface area contributed by atoms with Crippen LogP contribution in [0.1, 0.15) is 419 Å². The summed E-state index contributed by atoms with van der Waals surface area (Å²) in [5.41, 5.74) is 0. The maximum Gasteiger partial charge on any atom is 0.306 e. The number of carbonyl (C=O) groups is 3. The van der Waals surface area contributed by atoms with Gasteiger partial charge in [0.25, 0.3) is 0 Å². The van der Waals surface area contributed by atoms with Crippen LogP contribution in [0.4, 0.5) is 0 Å². The Morgan fingerprint density at radius 3 is 0.617 bits per heavy atom. The fourth-order valence-electron chi connectivity index (χ4n) is 11.4. The number of rotatable bonds is 69. The minimum absolute atomic E-state index is 0.0680. The van der Waals surface area contributed by atoms with Crippen molar-refractivity contribution in [1.29, 1.82) is 0 Å². The van der Waals surface area contributed by atoms with Gasteiger partial charge in [-0.3, -0.25) is 14.4 Å². The van der Waals surface area contributed by atoms with Crippen LogP contribution in [-0.2, 0) is 28.6 Å². The van der Waals surface area contributed by atoms with E-state index in [-0.39, 0.29) is 31.1 Å². The van der Waals surface area contributed by atoms with Gasteiger partial charge in [-0.25, -0.2) is 0 Å². The van der Waals surface area contributed by atoms with Crippen LogP contribution in [0.5, 0.6) is 0 Å². The molecule has 0 rings (SSSR count). The van der Waals surface area contributed by atoms with E-state index in [9.17, 15) is 14.4 Å². The van der Waals surface area contributed by atoms with Gasteiger partial charge in [-0.2, -0.15) is 0 Å². The Bertz CT molecular complexity index is 1310. The molecule has 0 N–H and O–H groups in total. The van der Waals surface area contributed by atoms with Gasteiger partial charge in [0.05, 0.1) is 0 Å². The molecule has 0 aliphatic rings. The molecular weight excluding hydrogens is 997 g/mol. The van der Waals surface area contributed by atoms with Crippen molar-refractivity contribution in [3.63, 3.8) is 0 Å². The topological polar surface area (TPSA) is 78.9 Å². The lowest BCUT2D eigenvalue weighted by molar-refractivity contribution is -0.167. The first-order valence-corrected chi connectivity index (χ1v) is 36.8. The molecule has 0 aliphatic heterocycles. The summed E-state index contributed by atoms with van der Waals surface area (Å²) in [6.45, 7) is 6.70. The van der Waals surface area contributed by atoms with Crippen molar-refractivity contribution in [3.05, 3.63) is 24.3 Å². The van der Waals surface area contributed by atoms with Gasteiger partial charge in [0.2, 0.25) is 0 Å². The molecule has 0 bridgehead atoms. The second-order valence-corrected chi connectivity index (χ2v) is 25.2. The maximum atomic E-state index is 12.9. The van der Waals surface area contributed by atoms with Gasteiger partial charge in [-0.05, 0) is 70.6 Å². The van der Waals surface area contributed by atoms with Crippen molar-refractivity contribution in [1.82, 2.24) is 0 Å². The van der Waals surface area contributed by atoms with Gasteiger partial charge in [-0.15, -0.1) is 0 Å². The van der Waals surface area contributed by atoms with Crippen LogP contribution in [0.25, 0.3) is 0 Å². The standard InChI is InChI=1S/C75H142O6/c1-4-7-10-13-16-19-22-25-28-29-30-31-32-33-34-35-36-37-38-39-40-41-42-43-44-45-46-47-48-51-53-56-59-62-65-68-74(77)80-71-72(81-75(78)69-66-63-60-57-54-50-27-24-21-18-15-12-9-6-3)70-79-73(76)67-64-61-58-55-52-49-26-23-20-17-14-11-8-5-2/h24,27,29-30,72H,4-23,25-26,28,31-71H2,1-3H3/b27-24-,30-29-. The molecule has 0 radical (unpaired) electrons. The highest BCUT2D eigenvalue weighted by atomic mass is 16.6. The fourth-order valence-corrected chi connectivity index (χ4v) is 11.4. The molecule has 1 unspecified atom stereocenters. The zero-order chi connectivity index (χ0) is 58.5. The summed E-state index contributed by atoms with van der Waals surface area (Å²) in [5.74, 6) is -0.846. The Labute approximate surface area is 506 Å². The lowest BCUT2D eigenvalue weighted by atomic mass is 10.0. The molecule has 0 aromatic rings. The van der Waals surface area contributed by atoms with Gasteiger partial charge >= 0.3 is 17.9 Å². The molecule has 6 heteroatoms. The predicted octanol–water partition coefficient (Wildman–Crippen LogP) is 25.3. The van der Waals surface area contributed by atoms with Gasteiger partial charge in [0.1, 0.15) is 13.2 Å². The second kappa shape index (κ2) is 70.4. The van der Waals surface area contributed by atoms with E-state index in [0.29, 0.717) is 19.3 Å². The lowest BCUT2D eigenvalue weighted by Gasteiger charge is -2.18. The van der Waals surface area contributed by atoms with E-state index in [4.69, 9.17) is 14.2 Å². The van der Waals surface area contributed by atoms with E-state index < -0.39 is 6.10 Å². The molecule has 0 aromatic heterocycles. The van der Waals surface area contributed by atoms with E-state index in [1.54, 1.807) is 0 Å². The Morgan fingerprint density at radius 2 is 0.407 bits per heavy atom. The van der Waals surface area contributed by atoms with E-state index in [1.807, 2.05) is 0 Å². The van der Waals surface area contributed by atoms with Gasteiger partial charge in [-0.1, -0.05) is 353 Å². The summed E-state index contributed by atoms with van der Waals surface area (Å²) >= 11 is 0. The van der Waals surface area contributed by atoms with Crippen LogP contribution in [0.15, 0.2) is 24.3 Å². The molecule has 1 atom stereocenters. The molecule has 0 aliphatic carbocycles. The van der Waals surface area contributed by atoms with Crippen LogP contribution in [0.3, 0.4) is 0 Å². The summed E-state index contributed by atoms with van der Waals surface area (Å²) in [7, 11) is 0. The van der Waals surface area contributed by atoms with Gasteiger partial charge in [0.15, 0.2) is 6.10 Å². The van der Waals surface area contributed by atoms with E-state index in [2.05, 4.69) is 45.1 Å². The third-order valence-electron chi connectivity index (χ3n) is 16.9. The van der Waals surface area contributed by atoms with E-state index in [0.717, 1.165) is 64.2 Å². The number of allylic oxidation sites excluding steroid dienone is 4. The lowest BCUT2D eigenvalue weighted by Crippen LogP contribution is -2.30. The van der Waals surface area contributed by atoms with Crippen molar-refractivity contribution in [2.45, 2.75) is 425 Å². The highest BCUT2D eigenvalue weighted by Gasteiger charge is 2.19. The van der Waals surface area contributed by atoms with Crippen molar-refractivity contribution in [2.75, 3.05) is 13.2 Å². The fraction of sp³-hybridized carbons (Fsp3) is 0.907. The minimum atomic E-state index is -0.771. The largest absolute Gasteiger partial charge is 0.462 e. The van der Waals surface area contributed by atoms with Crippen molar-refractivity contribution in [2.24, 2.45) is 0 Å². The van der Waals surface area contributed by atoms with Gasteiger partial charge in [0, 0.05) is 19.3 Å². The first kappa shape index (κ1) is 78.9. The average molecular weight is 1140 g/mol. The van der Waals surface area contributed by atoms with Crippen molar-refractivity contribution in [3.8, 4) is 0 Å². The number of hydrogen-bond donors (Lipinski definition) is 0. The maximum absolute atomic E-state index is 12.9. The third kappa shape index (κ3) is 68.6. The molecule has 81 heavy (non-hydrogen) atoms. The molecule has 6 nitrogen and oxygen atoms in total. The van der Waals surface area contributed by atoms with Gasteiger partial charge < -0.3 is 14.2 Å². The van der Waals surface area contributed by atoms with Crippen LogP contribution >= 0.6 is 0 Å². The third-order valence-corrected chi connectivity index (χ3v) is 16.9. The molecule has 0 heterocycles. The summed E-state index contributed by atoms with van der Waals surface area (Å²) in [4.78, 5) is 38.3. The van der Waals surface area contributed by atoms with Crippen LogP contribution in [-0.4, -0.2) is 37.2 Å². The van der Waals surface area contributed by atoms with Crippen LogP contribution in [0, 0.1) is 0 Å². The highest BCUT2D eigenvalue weighted by molar-refractivity contribution is 5.71. The number of ether oxygens (including phenoxy) is 3. The second-order valence-electron chi connectivity index (χ2n) is 25.2. The van der Waals surface area contributed by atoms with Crippen LogP contribution < -0.4 is 0 Å². The Kier molecular flexibility index (Phi) is 68.5. The van der Waals surface area contributed by atoms with Crippen LogP contribution in [0.2, 0.25) is 0 Å². The zero-order valence-electron chi connectivity index (χ0n) is 55.1. The molecule has 0 aromatic carbocycles. The molecule has 0 spiro atoms. The summed E-state index contributed by atoms with van der Waals surface area (Å²) < 4.78 is 17.0. The normalized spacial score (nSPS) is 12.1. The Hall–Kier alpha value is -2.11. The molecule has 0 saturated heterocycles. The molecule has 0 amide bonds. The number of unbranched alkanes of at least 4 members (excludes halogenated alkanes) is 54. The first-order chi connectivity index (χ1) is 40.0. The first-order valence-electron chi connectivity index (χ1n) is 36.8. The van der Waals surface area contributed by atoms with E-state index >= 15 is 0 Å². The van der Waals surface area contributed by atoms with Crippen molar-refractivity contribution >= 4 is 17.9 Å². The summed E-state index contributed by atoms with van der Waals surface area (Å²) in [5, 5.41) is 0. The average Bonchev–Trinajstić information content (AvgIpc) is 3.47. The highest BCUT2D eigenvalue weighted by Crippen LogP contribution is 2.19. The van der Waals surface area contributed by atoms with Crippen molar-refractivity contribution < 1.29 is 28.6 Å². The quantitative estimate of drug-likeness (QED) is 0.0261. The zero-order valence-corrected chi connectivity index (χ0v) is 55.1. The molecule has 478 valence electrons. The molecular formula is C75H142O6. The number of hydrogen-bond acceptors (Lipinski definition) is 6. The SMILES string of the molecule is CCCCCCC/C=C\CCCCCCCC(=O)OC(COC(=O)CCCCCCCCCCCCCCCC)COC(=O)CCCCCCCCCCCCCCCCCCCCCCCCC/C=C\CCCCCCCCCC. The monoisotopic (exact) mass is 1140 g/mol. The Morgan fingerprint density at radius 1 is 0.235 bits per heavy atom. The predicted molar refractivity (Wildman–Crippen MR) is 353 cm³/mol. The summed E-state index contributed by atoms with van der Waals surface area (Å²) in [6, 6.07) is 0. The Balaban J connectivity index is 4.03. The number of esters is 3. The molecule has 0 saturated carbocycles. The smallest absolute Gasteiger partial charge is 0.306 e.